The summed E-state index contributed by atoms with van der Waals surface area (Å²) in [6.07, 6.45) is 5.89. The largest absolute Gasteiger partial charge is 0.353 e. The minimum atomic E-state index is -0.394. The number of rotatable bonds is 4. The third-order valence-corrected chi connectivity index (χ3v) is 8.50. The Hall–Kier alpha value is -1.22. The number of piperidine rings is 2. The first-order chi connectivity index (χ1) is 15.4. The summed E-state index contributed by atoms with van der Waals surface area (Å²) in [4.78, 5) is 26.1. The van der Waals surface area contributed by atoms with Crippen LogP contribution >= 0.6 is 0 Å². The van der Waals surface area contributed by atoms with Crippen molar-refractivity contribution in [2.45, 2.75) is 141 Å². The van der Waals surface area contributed by atoms with E-state index < -0.39 is 11.1 Å². The number of amides is 2. The first-order valence-electron chi connectivity index (χ1n) is 13.1. The highest BCUT2D eigenvalue weighted by Crippen LogP contribution is 2.39. The molecule has 0 unspecified atom stereocenters. The minimum Gasteiger partial charge on any atom is -0.353 e. The molecule has 2 aliphatic heterocycles. The molecule has 0 bridgehead atoms. The van der Waals surface area contributed by atoms with Gasteiger partial charge >= 0.3 is 0 Å². The second-order valence-corrected chi connectivity index (χ2v) is 13.7. The maximum Gasteiger partial charge on any atom is 0.223 e. The zero-order chi connectivity index (χ0) is 25.7. The molecule has 8 heteroatoms. The van der Waals surface area contributed by atoms with E-state index in [4.69, 9.17) is 5.21 Å². The lowest BCUT2D eigenvalue weighted by Gasteiger charge is -2.51. The van der Waals surface area contributed by atoms with Crippen LogP contribution < -0.4 is 10.6 Å². The van der Waals surface area contributed by atoms with Gasteiger partial charge in [-0.3, -0.25) is 9.59 Å². The molecule has 34 heavy (non-hydrogen) atoms. The van der Waals surface area contributed by atoms with Gasteiger partial charge in [-0.05, 0) is 107 Å². The highest BCUT2D eigenvalue weighted by molar-refractivity contribution is 5.81. The van der Waals surface area contributed by atoms with Crippen LogP contribution in [0.25, 0.3) is 0 Å². The van der Waals surface area contributed by atoms with Crippen LogP contribution in [0.2, 0.25) is 0 Å². The summed E-state index contributed by atoms with van der Waals surface area (Å²) in [6.45, 7) is 16.3. The van der Waals surface area contributed by atoms with Crippen LogP contribution in [0.4, 0.5) is 0 Å². The molecule has 196 valence electrons. The molecule has 3 fully saturated rings. The fraction of sp³-hybridized carbons (Fsp3) is 0.923. The second-order valence-electron chi connectivity index (χ2n) is 13.7. The molecular weight excluding hydrogens is 432 g/mol. The molecule has 5 N–H and O–H groups in total. The van der Waals surface area contributed by atoms with Crippen LogP contribution in [0.5, 0.6) is 0 Å². The van der Waals surface area contributed by atoms with Gasteiger partial charge in [0.2, 0.25) is 11.8 Å². The molecule has 0 radical (unpaired) electrons. The summed E-state index contributed by atoms with van der Waals surface area (Å²) in [6, 6.07) is 0.112. The molecule has 3 rings (SSSR count). The van der Waals surface area contributed by atoms with E-state index in [1.54, 1.807) is 5.06 Å². The number of nitrogens with zero attached hydrogens (tertiary/aromatic N) is 2. The molecule has 2 heterocycles. The third-order valence-electron chi connectivity index (χ3n) is 8.50. The summed E-state index contributed by atoms with van der Waals surface area (Å²) in [5.74, 6) is 0.104. The minimum absolute atomic E-state index is 0.0385. The van der Waals surface area contributed by atoms with Crippen LogP contribution in [0.3, 0.4) is 0 Å². The van der Waals surface area contributed by atoms with Crippen LogP contribution in [0.15, 0.2) is 0 Å². The van der Waals surface area contributed by atoms with Gasteiger partial charge in [0.25, 0.3) is 0 Å². The van der Waals surface area contributed by atoms with Crippen molar-refractivity contribution in [1.82, 2.24) is 20.8 Å². The van der Waals surface area contributed by atoms with Gasteiger partial charge in [0.1, 0.15) is 0 Å². The Kier molecular flexibility index (Phi) is 7.52. The molecule has 0 atom stereocenters. The average molecular weight is 482 g/mol. The van der Waals surface area contributed by atoms with E-state index in [0.29, 0.717) is 12.8 Å². The number of carbonyl (C=O) groups excluding carboxylic acids is 2. The lowest BCUT2D eigenvalue weighted by atomic mass is 9.77. The SMILES string of the molecule is CC1(C)CC(NC(=O)C2CCC(C(=O)NC3CC(C)(C)N([OH2+])C(C)(C)C3)CC2)CC(C)(C)N1O. The van der Waals surface area contributed by atoms with Gasteiger partial charge in [0.05, 0.1) is 11.1 Å². The molecule has 2 saturated heterocycles. The molecule has 1 aliphatic carbocycles. The van der Waals surface area contributed by atoms with E-state index in [-0.39, 0.29) is 46.8 Å². The Morgan fingerprint density at radius 1 is 0.676 bits per heavy atom. The van der Waals surface area contributed by atoms with Crippen molar-refractivity contribution in [1.29, 1.82) is 0 Å². The van der Waals surface area contributed by atoms with Crippen LogP contribution in [0, 0.1) is 11.8 Å². The predicted molar refractivity (Wildman–Crippen MR) is 133 cm³/mol. The first-order valence-corrected chi connectivity index (χ1v) is 13.1. The zero-order valence-corrected chi connectivity index (χ0v) is 22.6. The Balaban J connectivity index is 1.49. The number of nitrogens with one attached hydrogen (secondary N) is 2. The summed E-state index contributed by atoms with van der Waals surface area (Å²) in [7, 11) is 0. The Labute approximate surface area is 205 Å². The summed E-state index contributed by atoms with van der Waals surface area (Å²) < 4.78 is 0. The predicted octanol–water partition coefficient (Wildman–Crippen LogP) is 3.10. The van der Waals surface area contributed by atoms with Gasteiger partial charge in [-0.2, -0.15) is 5.06 Å². The maximum atomic E-state index is 13.0. The second kappa shape index (κ2) is 9.34. The van der Waals surface area contributed by atoms with E-state index in [2.05, 4.69) is 38.3 Å². The quantitative estimate of drug-likeness (QED) is 0.535. The molecule has 2 amide bonds. The van der Waals surface area contributed by atoms with Crippen molar-refractivity contribution < 1.29 is 20.0 Å². The maximum absolute atomic E-state index is 13.0. The van der Waals surface area contributed by atoms with E-state index in [9.17, 15) is 14.8 Å². The van der Waals surface area contributed by atoms with Gasteiger partial charge in [-0.15, -0.1) is 0 Å². The lowest BCUT2D eigenvalue weighted by molar-refractivity contribution is -0.246. The number of hydroxylamine groups is 4. The zero-order valence-electron chi connectivity index (χ0n) is 22.6. The van der Waals surface area contributed by atoms with E-state index in [1.807, 2.05) is 27.7 Å². The van der Waals surface area contributed by atoms with Crippen molar-refractivity contribution in [3.63, 3.8) is 0 Å². The van der Waals surface area contributed by atoms with Gasteiger partial charge in [0, 0.05) is 35.0 Å². The molecule has 1 saturated carbocycles. The van der Waals surface area contributed by atoms with E-state index in [1.165, 1.54) is 5.06 Å². The van der Waals surface area contributed by atoms with Crippen LogP contribution in [0.1, 0.15) is 107 Å². The Morgan fingerprint density at radius 2 is 0.971 bits per heavy atom. The highest BCUT2D eigenvalue weighted by atomic mass is 16.5. The molecule has 0 aromatic heterocycles. The normalized spacial score (nSPS) is 32.2. The van der Waals surface area contributed by atoms with Crippen LogP contribution in [-0.2, 0) is 9.59 Å². The molecular formula is C26H49N4O4+. The number of hydrogen-bond acceptors (Lipinski definition) is 5. The van der Waals surface area contributed by atoms with E-state index in [0.717, 1.165) is 38.5 Å². The topological polar surface area (TPSA) is 108 Å². The number of hydrogen-bond donors (Lipinski definition) is 3. The van der Waals surface area contributed by atoms with Crippen molar-refractivity contribution in [2.75, 3.05) is 0 Å². The standard InChI is InChI=1S/C26H48N4O4/c1-23(2)13-19(14-24(3,4)29(23)33)27-21(31)17-9-11-18(12-10-17)22(32)28-20-15-25(5,6)30(34)26(7,8)16-20/h17-20,33-34H,9-16H2,1-8H3,(H,27,31)(H,28,32)/p+1. The Bertz CT molecular complexity index is 671. The fourth-order valence-corrected chi connectivity index (χ4v) is 7.01. The van der Waals surface area contributed by atoms with Crippen molar-refractivity contribution in [3.8, 4) is 0 Å². The first kappa shape index (κ1) is 27.4. The molecule has 0 aromatic carbocycles. The molecule has 0 aromatic rings. The monoisotopic (exact) mass is 481 g/mol. The number of carbonyl (C=O) groups is 2. The molecule has 0 spiro atoms. The summed E-state index contributed by atoms with van der Waals surface area (Å²) in [5.41, 5.74) is -1.36. The highest BCUT2D eigenvalue weighted by Gasteiger charge is 2.49. The lowest BCUT2D eigenvalue weighted by Crippen LogP contribution is -2.63. The van der Waals surface area contributed by atoms with Crippen molar-refractivity contribution in [3.05, 3.63) is 0 Å². The third kappa shape index (κ3) is 5.77. The van der Waals surface area contributed by atoms with Gasteiger partial charge < -0.3 is 21.0 Å². The van der Waals surface area contributed by atoms with Gasteiger partial charge in [0.15, 0.2) is 0 Å². The fourth-order valence-electron chi connectivity index (χ4n) is 7.01. The van der Waals surface area contributed by atoms with Gasteiger partial charge in [-0.25, -0.2) is 0 Å². The summed E-state index contributed by atoms with van der Waals surface area (Å²) in [5, 5.41) is 28.6. The van der Waals surface area contributed by atoms with Gasteiger partial charge in [-0.1, -0.05) is 5.06 Å². The van der Waals surface area contributed by atoms with Crippen molar-refractivity contribution >= 4 is 11.8 Å². The molecule has 3 aliphatic rings. The van der Waals surface area contributed by atoms with Crippen molar-refractivity contribution in [2.24, 2.45) is 11.8 Å². The van der Waals surface area contributed by atoms with Crippen LogP contribution in [-0.4, -0.2) is 66.6 Å². The molecule has 8 nitrogen and oxygen atoms in total. The Morgan fingerprint density at radius 3 is 1.29 bits per heavy atom. The smallest absolute Gasteiger partial charge is 0.223 e. The summed E-state index contributed by atoms with van der Waals surface area (Å²) >= 11 is 0. The van der Waals surface area contributed by atoms with E-state index >= 15 is 0 Å². The average Bonchev–Trinajstić information content (AvgIpc) is 2.69.